The summed E-state index contributed by atoms with van der Waals surface area (Å²) in [5.41, 5.74) is -1.02. The van der Waals surface area contributed by atoms with Gasteiger partial charge in [-0.25, -0.2) is 0 Å². The van der Waals surface area contributed by atoms with Crippen LogP contribution in [0.25, 0.3) is 0 Å². The second-order valence-corrected chi connectivity index (χ2v) is 5.02. The van der Waals surface area contributed by atoms with Crippen LogP contribution >= 0.6 is 0 Å². The highest BCUT2D eigenvalue weighted by Gasteiger charge is 2.54. The molecule has 14 heavy (non-hydrogen) atoms. The van der Waals surface area contributed by atoms with Crippen LogP contribution in [0, 0.1) is 16.7 Å². The Labute approximate surface area is 84.5 Å². The minimum atomic E-state index is -1.03. The van der Waals surface area contributed by atoms with Gasteiger partial charge in [0, 0.05) is 17.3 Å². The molecule has 1 aliphatic carbocycles. The third-order valence-corrected chi connectivity index (χ3v) is 4.29. The van der Waals surface area contributed by atoms with Crippen molar-refractivity contribution in [2.45, 2.75) is 40.5 Å². The molecule has 0 aliphatic heterocycles. The van der Waals surface area contributed by atoms with E-state index < -0.39 is 22.7 Å². The molecule has 1 fully saturated rings. The van der Waals surface area contributed by atoms with E-state index in [0.29, 0.717) is 12.8 Å². The molecule has 0 heterocycles. The molecule has 0 saturated heterocycles. The first kappa shape index (κ1) is 11.2. The Hall–Kier alpha value is -0.860. The van der Waals surface area contributed by atoms with Crippen LogP contribution in [0.2, 0.25) is 0 Å². The lowest BCUT2D eigenvalue weighted by Gasteiger charge is -2.40. The van der Waals surface area contributed by atoms with Crippen LogP contribution in [0.4, 0.5) is 0 Å². The molecule has 0 aromatic heterocycles. The van der Waals surface area contributed by atoms with Crippen LogP contribution < -0.4 is 5.11 Å². The molecule has 2 atom stereocenters. The molecule has 0 unspecified atom stereocenters. The minimum absolute atomic E-state index is 0.0752. The van der Waals surface area contributed by atoms with E-state index in [0.717, 1.165) is 0 Å². The van der Waals surface area contributed by atoms with Gasteiger partial charge in [-0.2, -0.15) is 0 Å². The number of carbonyl (C=O) groups is 2. The second kappa shape index (κ2) is 3.07. The number of hydrogen-bond donors (Lipinski definition) is 0. The van der Waals surface area contributed by atoms with Crippen molar-refractivity contribution in [3.8, 4) is 0 Å². The molecule has 1 rings (SSSR count). The largest absolute Gasteiger partial charge is 0.550 e. The van der Waals surface area contributed by atoms with E-state index in [1.54, 1.807) is 6.92 Å². The zero-order valence-corrected chi connectivity index (χ0v) is 9.22. The van der Waals surface area contributed by atoms with E-state index in [4.69, 9.17) is 0 Å². The maximum absolute atomic E-state index is 11.5. The highest BCUT2D eigenvalue weighted by molar-refractivity contribution is 5.85. The monoisotopic (exact) mass is 197 g/mol. The van der Waals surface area contributed by atoms with Crippen molar-refractivity contribution >= 4 is 11.8 Å². The van der Waals surface area contributed by atoms with Crippen molar-refractivity contribution < 1.29 is 14.7 Å². The normalized spacial score (nSPS) is 35.6. The van der Waals surface area contributed by atoms with Gasteiger partial charge < -0.3 is 9.90 Å². The third kappa shape index (κ3) is 1.26. The number of carboxylic acid groups (broad SMARTS) is 1. The fourth-order valence-electron chi connectivity index (χ4n) is 2.54. The molecule has 0 aromatic rings. The Bertz CT molecular complexity index is 280. The Kier molecular flexibility index (Phi) is 2.46. The van der Waals surface area contributed by atoms with E-state index in [2.05, 4.69) is 0 Å². The molecule has 0 N–H and O–H groups in total. The van der Waals surface area contributed by atoms with E-state index in [-0.39, 0.29) is 5.78 Å². The molecule has 3 nitrogen and oxygen atoms in total. The van der Waals surface area contributed by atoms with Crippen LogP contribution in [0.15, 0.2) is 0 Å². The molecule has 0 amide bonds. The summed E-state index contributed by atoms with van der Waals surface area (Å²) in [6.07, 6.45) is 1.19. The summed E-state index contributed by atoms with van der Waals surface area (Å²) in [5.74, 6) is -1.46. The molecule has 0 bridgehead atoms. The summed E-state index contributed by atoms with van der Waals surface area (Å²) < 4.78 is 0. The van der Waals surface area contributed by atoms with Crippen LogP contribution in [-0.2, 0) is 9.59 Å². The highest BCUT2D eigenvalue weighted by atomic mass is 16.4. The first-order chi connectivity index (χ1) is 6.23. The lowest BCUT2D eigenvalue weighted by molar-refractivity contribution is -0.314. The summed E-state index contributed by atoms with van der Waals surface area (Å²) in [6, 6.07) is 0. The van der Waals surface area contributed by atoms with Crippen molar-refractivity contribution in [2.75, 3.05) is 0 Å². The molecule has 0 radical (unpaired) electrons. The number of ketones is 1. The van der Waals surface area contributed by atoms with Crippen LogP contribution in [-0.4, -0.2) is 11.8 Å². The van der Waals surface area contributed by atoms with E-state index in [9.17, 15) is 14.7 Å². The number of Topliss-reactive ketones (excluding diaryl/α,β-unsaturated/α-hetero) is 1. The van der Waals surface area contributed by atoms with Gasteiger partial charge in [-0.1, -0.05) is 20.8 Å². The van der Waals surface area contributed by atoms with Gasteiger partial charge in [0.05, 0.1) is 0 Å². The van der Waals surface area contributed by atoms with Crippen LogP contribution in [0.1, 0.15) is 40.5 Å². The van der Waals surface area contributed by atoms with Gasteiger partial charge >= 0.3 is 0 Å². The Balaban J connectivity index is 3.08. The molecule has 0 aromatic carbocycles. The van der Waals surface area contributed by atoms with Gasteiger partial charge in [0.25, 0.3) is 0 Å². The van der Waals surface area contributed by atoms with E-state index in [1.165, 1.54) is 0 Å². The summed E-state index contributed by atoms with van der Waals surface area (Å²) in [5, 5.41) is 10.9. The fraction of sp³-hybridized carbons (Fsp3) is 0.818. The number of rotatable bonds is 2. The van der Waals surface area contributed by atoms with Crippen molar-refractivity contribution in [1.29, 1.82) is 0 Å². The highest BCUT2D eigenvalue weighted by Crippen LogP contribution is 2.56. The topological polar surface area (TPSA) is 57.2 Å². The van der Waals surface area contributed by atoms with Crippen molar-refractivity contribution in [1.82, 2.24) is 0 Å². The quantitative estimate of drug-likeness (QED) is 0.657. The van der Waals surface area contributed by atoms with Gasteiger partial charge in [0.15, 0.2) is 0 Å². The zero-order valence-electron chi connectivity index (χ0n) is 9.22. The first-order valence-corrected chi connectivity index (χ1v) is 4.95. The maximum Gasteiger partial charge on any atom is 0.136 e. The zero-order chi connectivity index (χ0) is 11.1. The van der Waals surface area contributed by atoms with Crippen LogP contribution in [0.3, 0.4) is 0 Å². The summed E-state index contributed by atoms with van der Waals surface area (Å²) in [7, 11) is 0. The summed E-state index contributed by atoms with van der Waals surface area (Å²) >= 11 is 0. The Morgan fingerprint density at radius 3 is 2.00 bits per heavy atom. The predicted molar refractivity (Wildman–Crippen MR) is 50.3 cm³/mol. The fourth-order valence-corrected chi connectivity index (χ4v) is 2.54. The van der Waals surface area contributed by atoms with Gasteiger partial charge in [0.2, 0.25) is 0 Å². The van der Waals surface area contributed by atoms with Gasteiger partial charge in [-0.05, 0) is 25.2 Å². The lowest BCUT2D eigenvalue weighted by Crippen LogP contribution is -2.45. The summed E-state index contributed by atoms with van der Waals surface area (Å²) in [4.78, 5) is 22.4. The van der Waals surface area contributed by atoms with Crippen molar-refractivity contribution in [3.05, 3.63) is 0 Å². The molecular weight excluding hydrogens is 180 g/mol. The SMILES string of the molecule is CC(=O)[C@]1(C)CC[C@@H](C(=O)[O-])C1(C)C. The molecule has 0 spiro atoms. The average molecular weight is 197 g/mol. The number of carbonyl (C=O) groups excluding carboxylic acids is 2. The van der Waals surface area contributed by atoms with Crippen molar-refractivity contribution in [3.63, 3.8) is 0 Å². The molecule has 3 heteroatoms. The molecule has 1 saturated carbocycles. The number of hydrogen-bond acceptors (Lipinski definition) is 3. The Morgan fingerprint density at radius 2 is 1.79 bits per heavy atom. The molecule has 80 valence electrons. The minimum Gasteiger partial charge on any atom is -0.550 e. The molecule has 1 aliphatic rings. The molecular formula is C11H17O3-. The third-order valence-electron chi connectivity index (χ3n) is 4.29. The lowest BCUT2D eigenvalue weighted by atomic mass is 9.64. The maximum atomic E-state index is 11.5. The smallest absolute Gasteiger partial charge is 0.136 e. The van der Waals surface area contributed by atoms with Gasteiger partial charge in [0.1, 0.15) is 5.78 Å². The predicted octanol–water partition coefficient (Wildman–Crippen LogP) is 0.768. The van der Waals surface area contributed by atoms with E-state index in [1.807, 2.05) is 20.8 Å². The first-order valence-electron chi connectivity index (χ1n) is 4.95. The second-order valence-electron chi connectivity index (χ2n) is 5.02. The van der Waals surface area contributed by atoms with Crippen LogP contribution in [0.5, 0.6) is 0 Å². The standard InChI is InChI=1S/C11H18O3/c1-7(12)11(4)6-5-8(9(13)14)10(11,2)3/h8H,5-6H2,1-4H3,(H,13,14)/p-1/t8-,11-/m0/s1. The van der Waals surface area contributed by atoms with Gasteiger partial charge in [-0.15, -0.1) is 0 Å². The van der Waals surface area contributed by atoms with Crippen molar-refractivity contribution in [2.24, 2.45) is 16.7 Å². The summed E-state index contributed by atoms with van der Waals surface area (Å²) in [6.45, 7) is 7.10. The number of aliphatic carboxylic acids is 1. The van der Waals surface area contributed by atoms with E-state index >= 15 is 0 Å². The van der Waals surface area contributed by atoms with Gasteiger partial charge in [-0.3, -0.25) is 4.79 Å². The Morgan fingerprint density at radius 1 is 1.29 bits per heavy atom. The average Bonchev–Trinajstić information content (AvgIpc) is 2.24. The number of carboxylic acids is 1.